The van der Waals surface area contributed by atoms with Crippen LogP contribution in [0.4, 0.5) is 0 Å². The highest BCUT2D eigenvalue weighted by atomic mass is 35.5. The van der Waals surface area contributed by atoms with E-state index in [-0.39, 0.29) is 22.6 Å². The maximum absolute atomic E-state index is 13.4. The molecule has 1 fully saturated rings. The van der Waals surface area contributed by atoms with Crippen molar-refractivity contribution >= 4 is 34.8 Å². The molecule has 164 valence electrons. The van der Waals surface area contributed by atoms with Gasteiger partial charge in [-0.2, -0.15) is 0 Å². The number of nitrogens with two attached hydrogens (primary N) is 2. The number of aliphatic hydroxyl groups is 4. The number of primary amides is 1. The summed E-state index contributed by atoms with van der Waals surface area (Å²) < 4.78 is 0. The first-order valence-corrected chi connectivity index (χ1v) is 9.63. The standard InChI is InChI=1S/C20H19ClN2O8/c1-19(30)5-4-6-13(22)15(26)11(18(23)29)17(28)20(6,31)16(27)9(5)14(25)10-8(24)3-2-7(21)12(10)19/h2-3,5-6,13,24-25,28,30-31H,4,22H2,1H3,(H2,23,29). The fraction of sp³-hybridized carbons (Fsp3) is 0.350. The Morgan fingerprint density at radius 1 is 1.19 bits per heavy atom. The maximum Gasteiger partial charge on any atom is 0.255 e. The van der Waals surface area contributed by atoms with Crippen LogP contribution in [0.3, 0.4) is 0 Å². The quantitative estimate of drug-likeness (QED) is 0.279. The molecule has 3 aliphatic rings. The molecule has 0 saturated heterocycles. The van der Waals surface area contributed by atoms with Crippen molar-refractivity contribution in [2.75, 3.05) is 0 Å². The number of halogens is 1. The number of rotatable bonds is 1. The summed E-state index contributed by atoms with van der Waals surface area (Å²) in [6.45, 7) is 1.30. The molecule has 9 N–H and O–H groups in total. The third kappa shape index (κ3) is 2.41. The second-order valence-electron chi connectivity index (χ2n) is 8.19. The van der Waals surface area contributed by atoms with Gasteiger partial charge in [0, 0.05) is 28.0 Å². The third-order valence-electron chi connectivity index (χ3n) is 6.60. The van der Waals surface area contributed by atoms with Gasteiger partial charge in [-0.3, -0.25) is 14.4 Å². The van der Waals surface area contributed by atoms with Crippen molar-refractivity contribution in [3.8, 4) is 5.75 Å². The normalized spacial score (nSPS) is 34.9. The molecule has 1 aromatic rings. The Morgan fingerprint density at radius 3 is 2.39 bits per heavy atom. The van der Waals surface area contributed by atoms with Gasteiger partial charge < -0.3 is 37.0 Å². The molecule has 1 aromatic carbocycles. The number of amides is 1. The van der Waals surface area contributed by atoms with E-state index in [9.17, 15) is 39.9 Å². The van der Waals surface area contributed by atoms with Crippen molar-refractivity contribution in [2.45, 2.75) is 30.6 Å². The zero-order valence-corrected chi connectivity index (χ0v) is 16.8. The van der Waals surface area contributed by atoms with E-state index < -0.39 is 75.0 Å². The van der Waals surface area contributed by atoms with E-state index >= 15 is 0 Å². The molecule has 0 aromatic heterocycles. The lowest BCUT2D eigenvalue weighted by Gasteiger charge is -2.51. The highest BCUT2D eigenvalue weighted by Gasteiger charge is 2.65. The molecular weight excluding hydrogens is 432 g/mol. The van der Waals surface area contributed by atoms with Gasteiger partial charge in [-0.1, -0.05) is 11.6 Å². The molecule has 0 aliphatic heterocycles. The van der Waals surface area contributed by atoms with Crippen molar-refractivity contribution in [3.05, 3.63) is 45.2 Å². The zero-order chi connectivity index (χ0) is 23.2. The van der Waals surface area contributed by atoms with Gasteiger partial charge in [-0.05, 0) is 25.5 Å². The lowest BCUT2D eigenvalue weighted by atomic mass is 9.55. The molecule has 1 amide bonds. The fourth-order valence-electron chi connectivity index (χ4n) is 5.05. The molecule has 10 nitrogen and oxygen atoms in total. The minimum atomic E-state index is -2.85. The summed E-state index contributed by atoms with van der Waals surface area (Å²) in [4.78, 5) is 37.7. The highest BCUT2D eigenvalue weighted by molar-refractivity contribution is 6.32. The van der Waals surface area contributed by atoms with Crippen LogP contribution in [0.2, 0.25) is 5.02 Å². The van der Waals surface area contributed by atoms with Crippen molar-refractivity contribution in [3.63, 3.8) is 0 Å². The number of carbonyl (C=O) groups excluding carboxylic acids is 3. The molecule has 4 rings (SSSR count). The largest absolute Gasteiger partial charge is 0.508 e. The summed E-state index contributed by atoms with van der Waals surface area (Å²) in [7, 11) is 0. The number of aromatic hydroxyl groups is 1. The maximum atomic E-state index is 13.4. The predicted molar refractivity (Wildman–Crippen MR) is 106 cm³/mol. The second-order valence-corrected chi connectivity index (χ2v) is 8.60. The minimum Gasteiger partial charge on any atom is -0.508 e. The first-order valence-electron chi connectivity index (χ1n) is 9.26. The van der Waals surface area contributed by atoms with Gasteiger partial charge in [-0.25, -0.2) is 0 Å². The molecule has 0 spiro atoms. The van der Waals surface area contributed by atoms with Gasteiger partial charge in [0.2, 0.25) is 5.78 Å². The monoisotopic (exact) mass is 450 g/mol. The van der Waals surface area contributed by atoms with E-state index in [1.165, 1.54) is 13.0 Å². The number of fused-ring (bicyclic) bond motifs is 3. The molecule has 11 heteroatoms. The number of phenolic OH excluding ortho intramolecular Hbond substituents is 1. The molecule has 31 heavy (non-hydrogen) atoms. The molecule has 5 atom stereocenters. The number of Topliss-reactive ketones (excluding diaryl/α,β-unsaturated/α-hetero) is 2. The van der Waals surface area contributed by atoms with Gasteiger partial charge in [0.25, 0.3) is 5.91 Å². The number of carbonyl (C=O) groups is 3. The smallest absolute Gasteiger partial charge is 0.255 e. The van der Waals surface area contributed by atoms with Gasteiger partial charge in [0.05, 0.1) is 17.2 Å². The van der Waals surface area contributed by atoms with Crippen LogP contribution in [0.15, 0.2) is 29.0 Å². The molecule has 5 unspecified atom stereocenters. The zero-order valence-electron chi connectivity index (χ0n) is 16.1. The van der Waals surface area contributed by atoms with Crippen LogP contribution in [0.1, 0.15) is 24.5 Å². The molecule has 0 radical (unpaired) electrons. The van der Waals surface area contributed by atoms with Crippen LogP contribution >= 0.6 is 11.6 Å². The van der Waals surface area contributed by atoms with Crippen LogP contribution in [0.25, 0.3) is 5.76 Å². The highest BCUT2D eigenvalue weighted by Crippen LogP contribution is 2.57. The topological polar surface area (TPSA) is 204 Å². The van der Waals surface area contributed by atoms with Crippen molar-refractivity contribution < 1.29 is 39.9 Å². The summed E-state index contributed by atoms with van der Waals surface area (Å²) in [6, 6.07) is 0.845. The lowest BCUT2D eigenvalue weighted by Crippen LogP contribution is -2.66. The van der Waals surface area contributed by atoms with Crippen LogP contribution < -0.4 is 11.5 Å². The van der Waals surface area contributed by atoms with Crippen molar-refractivity contribution in [1.82, 2.24) is 0 Å². The van der Waals surface area contributed by atoms with Crippen molar-refractivity contribution in [1.29, 1.82) is 0 Å². The summed E-state index contributed by atoms with van der Waals surface area (Å²) >= 11 is 6.21. The Kier molecular flexibility index (Phi) is 4.33. The van der Waals surface area contributed by atoms with E-state index in [2.05, 4.69) is 0 Å². The van der Waals surface area contributed by atoms with E-state index in [1.54, 1.807) is 0 Å². The lowest BCUT2D eigenvalue weighted by molar-refractivity contribution is -0.154. The average Bonchev–Trinajstić information content (AvgIpc) is 2.67. The summed E-state index contributed by atoms with van der Waals surface area (Å²) in [6.07, 6.45) is -0.344. The number of phenols is 1. The Bertz CT molecular complexity index is 1150. The molecule has 0 heterocycles. The van der Waals surface area contributed by atoms with Gasteiger partial charge in [0.1, 0.15) is 22.8 Å². The Balaban J connectivity index is 2.06. The van der Waals surface area contributed by atoms with E-state index in [0.717, 1.165) is 6.07 Å². The molecular formula is C20H19ClN2O8. The van der Waals surface area contributed by atoms with E-state index in [0.29, 0.717) is 0 Å². The Morgan fingerprint density at radius 2 is 1.81 bits per heavy atom. The number of aliphatic hydroxyl groups excluding tert-OH is 2. The minimum absolute atomic E-state index is 0.000499. The number of hydrogen-bond donors (Lipinski definition) is 7. The number of benzene rings is 1. The fourth-order valence-corrected chi connectivity index (χ4v) is 5.40. The Hall–Kier alpha value is -2.92. The van der Waals surface area contributed by atoms with E-state index in [4.69, 9.17) is 23.1 Å². The molecule has 3 aliphatic carbocycles. The first-order chi connectivity index (χ1) is 14.3. The van der Waals surface area contributed by atoms with Crippen LogP contribution in [-0.4, -0.2) is 54.6 Å². The number of hydrogen-bond acceptors (Lipinski definition) is 9. The SMILES string of the molecule is CC1(O)c2c(Cl)ccc(O)c2C(O)=C2C(=O)C3(O)C(O)=C(C(N)=O)C(=O)C(N)C3CC21. The van der Waals surface area contributed by atoms with Crippen LogP contribution in [0, 0.1) is 11.8 Å². The second kappa shape index (κ2) is 6.30. The predicted octanol–water partition coefficient (Wildman–Crippen LogP) is -0.321. The molecule has 1 saturated carbocycles. The summed E-state index contributed by atoms with van der Waals surface area (Å²) in [5.41, 5.74) is 4.40. The first kappa shape index (κ1) is 21.3. The van der Waals surface area contributed by atoms with Gasteiger partial charge in [0.15, 0.2) is 11.4 Å². The Labute approximate surface area is 180 Å². The van der Waals surface area contributed by atoms with Crippen LogP contribution in [0.5, 0.6) is 5.75 Å². The van der Waals surface area contributed by atoms with Crippen molar-refractivity contribution in [2.24, 2.45) is 23.3 Å². The van der Waals surface area contributed by atoms with Crippen LogP contribution in [-0.2, 0) is 20.0 Å². The van der Waals surface area contributed by atoms with Gasteiger partial charge >= 0.3 is 0 Å². The van der Waals surface area contributed by atoms with E-state index in [1.807, 2.05) is 0 Å². The van der Waals surface area contributed by atoms with Gasteiger partial charge in [-0.15, -0.1) is 0 Å². The third-order valence-corrected chi connectivity index (χ3v) is 6.92. The number of ketones is 2. The summed E-state index contributed by atoms with van der Waals surface area (Å²) in [5, 5.41) is 54.3. The average molecular weight is 451 g/mol. The molecule has 0 bridgehead atoms. The summed E-state index contributed by atoms with van der Waals surface area (Å²) in [5.74, 6) is -8.89.